The summed E-state index contributed by atoms with van der Waals surface area (Å²) in [6, 6.07) is 7.60. The van der Waals surface area contributed by atoms with Crippen molar-refractivity contribution >= 4 is 29.9 Å². The molecule has 0 saturated carbocycles. The predicted molar refractivity (Wildman–Crippen MR) is 103 cm³/mol. The zero-order chi connectivity index (χ0) is 15.5. The van der Waals surface area contributed by atoms with Crippen molar-refractivity contribution < 1.29 is 9.47 Å². The van der Waals surface area contributed by atoms with Gasteiger partial charge >= 0.3 is 0 Å². The summed E-state index contributed by atoms with van der Waals surface area (Å²) in [7, 11) is 1.65. The number of aliphatic imine (C=N–C) groups is 1. The first-order valence-corrected chi connectivity index (χ1v) is 7.44. The lowest BCUT2D eigenvalue weighted by Crippen LogP contribution is -2.39. The maximum atomic E-state index is 5.68. The molecule has 0 amide bonds. The molecule has 1 aromatic carbocycles. The molecule has 2 N–H and O–H groups in total. The third-order valence-corrected chi connectivity index (χ3v) is 2.66. The number of methoxy groups -OCH3 is 1. The number of nitrogens with zero attached hydrogens (tertiary/aromatic N) is 1. The molecule has 22 heavy (non-hydrogen) atoms. The van der Waals surface area contributed by atoms with Gasteiger partial charge in [-0.2, -0.15) is 0 Å². The normalized spacial score (nSPS) is 10.9. The van der Waals surface area contributed by atoms with Crippen LogP contribution in [-0.2, 0) is 0 Å². The highest BCUT2D eigenvalue weighted by Crippen LogP contribution is 2.18. The molecule has 0 aliphatic rings. The summed E-state index contributed by atoms with van der Waals surface area (Å²) < 4.78 is 10.8. The van der Waals surface area contributed by atoms with Gasteiger partial charge in [-0.1, -0.05) is 19.9 Å². The van der Waals surface area contributed by atoms with Crippen LogP contribution in [-0.4, -0.2) is 39.3 Å². The minimum absolute atomic E-state index is 0. The van der Waals surface area contributed by atoms with Gasteiger partial charge in [0, 0.05) is 19.2 Å². The van der Waals surface area contributed by atoms with Gasteiger partial charge in [-0.3, -0.25) is 4.99 Å². The zero-order valence-corrected chi connectivity index (χ0v) is 16.2. The number of halogens is 1. The van der Waals surface area contributed by atoms with E-state index in [1.807, 2.05) is 24.3 Å². The number of ether oxygens (including phenoxy) is 2. The molecular weight excluding hydrogens is 393 g/mol. The Morgan fingerprint density at radius 1 is 1.23 bits per heavy atom. The first-order chi connectivity index (χ1) is 10.2. The molecule has 5 nitrogen and oxygen atoms in total. The van der Waals surface area contributed by atoms with Crippen molar-refractivity contribution in [2.24, 2.45) is 10.9 Å². The van der Waals surface area contributed by atoms with Gasteiger partial charge in [-0.15, -0.1) is 24.0 Å². The minimum atomic E-state index is 0. The topological polar surface area (TPSA) is 54.9 Å². The van der Waals surface area contributed by atoms with Crippen LogP contribution in [0.4, 0.5) is 0 Å². The van der Waals surface area contributed by atoms with Gasteiger partial charge < -0.3 is 20.1 Å². The Morgan fingerprint density at radius 2 is 1.95 bits per heavy atom. The summed E-state index contributed by atoms with van der Waals surface area (Å²) in [5, 5.41) is 6.48. The van der Waals surface area contributed by atoms with Crippen molar-refractivity contribution in [3.63, 3.8) is 0 Å². The van der Waals surface area contributed by atoms with E-state index in [9.17, 15) is 0 Å². The van der Waals surface area contributed by atoms with Gasteiger partial charge in [0.15, 0.2) is 5.96 Å². The van der Waals surface area contributed by atoms with Crippen LogP contribution in [0.1, 0.15) is 20.8 Å². The van der Waals surface area contributed by atoms with Crippen LogP contribution in [0.3, 0.4) is 0 Å². The number of guanidine groups is 1. The minimum Gasteiger partial charge on any atom is -0.497 e. The standard InChI is InChI=1S/C16H27N3O2.HI/c1-5-17-16(19-12-13(2)3)18-9-10-21-15-8-6-7-14(11-15)20-4;/h6-8,11,13H,5,9-10,12H2,1-4H3,(H2,17,18,19);1H. The van der Waals surface area contributed by atoms with Crippen LogP contribution in [0.15, 0.2) is 29.3 Å². The van der Waals surface area contributed by atoms with Gasteiger partial charge in [-0.05, 0) is 25.0 Å². The van der Waals surface area contributed by atoms with Crippen molar-refractivity contribution in [2.45, 2.75) is 20.8 Å². The molecule has 126 valence electrons. The van der Waals surface area contributed by atoms with Crippen LogP contribution in [0.2, 0.25) is 0 Å². The van der Waals surface area contributed by atoms with Crippen LogP contribution in [0, 0.1) is 5.92 Å². The third-order valence-electron chi connectivity index (χ3n) is 2.66. The second-order valence-electron chi connectivity index (χ2n) is 5.07. The van der Waals surface area contributed by atoms with Gasteiger partial charge in [0.1, 0.15) is 18.1 Å². The van der Waals surface area contributed by atoms with E-state index in [1.165, 1.54) is 0 Å². The van der Waals surface area contributed by atoms with Gasteiger partial charge in [0.2, 0.25) is 0 Å². The number of benzene rings is 1. The first kappa shape index (κ1) is 20.8. The summed E-state index contributed by atoms with van der Waals surface area (Å²) in [5.74, 6) is 2.99. The average Bonchev–Trinajstić information content (AvgIpc) is 2.49. The maximum absolute atomic E-state index is 5.68. The lowest BCUT2D eigenvalue weighted by molar-refractivity contribution is 0.319. The van der Waals surface area contributed by atoms with Crippen molar-refractivity contribution in [3.05, 3.63) is 24.3 Å². The smallest absolute Gasteiger partial charge is 0.191 e. The SMILES string of the molecule is CCNC(=NCC(C)C)NCCOc1cccc(OC)c1.I. The van der Waals surface area contributed by atoms with Crippen molar-refractivity contribution in [3.8, 4) is 11.5 Å². The second-order valence-corrected chi connectivity index (χ2v) is 5.07. The largest absolute Gasteiger partial charge is 0.497 e. The lowest BCUT2D eigenvalue weighted by atomic mass is 10.2. The Bertz CT molecular complexity index is 439. The lowest BCUT2D eigenvalue weighted by Gasteiger charge is -2.13. The average molecular weight is 421 g/mol. The number of hydrogen-bond acceptors (Lipinski definition) is 3. The molecule has 6 heteroatoms. The predicted octanol–water partition coefficient (Wildman–Crippen LogP) is 2.90. The fraction of sp³-hybridized carbons (Fsp3) is 0.562. The van der Waals surface area contributed by atoms with Gasteiger partial charge in [-0.25, -0.2) is 0 Å². The molecule has 1 rings (SSSR count). The molecule has 0 atom stereocenters. The van der Waals surface area contributed by atoms with E-state index in [-0.39, 0.29) is 24.0 Å². The summed E-state index contributed by atoms with van der Waals surface area (Å²) in [5.41, 5.74) is 0. The van der Waals surface area contributed by atoms with E-state index in [4.69, 9.17) is 9.47 Å². The fourth-order valence-corrected chi connectivity index (χ4v) is 1.64. The number of hydrogen-bond donors (Lipinski definition) is 2. The third kappa shape index (κ3) is 8.96. The quantitative estimate of drug-likeness (QED) is 0.293. The first-order valence-electron chi connectivity index (χ1n) is 7.44. The van der Waals surface area contributed by atoms with E-state index in [1.54, 1.807) is 7.11 Å². The molecule has 0 heterocycles. The molecular formula is C16H28IN3O2. The van der Waals surface area contributed by atoms with Crippen LogP contribution < -0.4 is 20.1 Å². The van der Waals surface area contributed by atoms with Crippen LogP contribution in [0.25, 0.3) is 0 Å². The molecule has 0 aliphatic carbocycles. The van der Waals surface area contributed by atoms with E-state index < -0.39 is 0 Å². The van der Waals surface area contributed by atoms with Gasteiger partial charge in [0.25, 0.3) is 0 Å². The molecule has 0 aliphatic heterocycles. The molecule has 0 aromatic heterocycles. The maximum Gasteiger partial charge on any atom is 0.191 e. The molecule has 0 bridgehead atoms. The molecule has 0 spiro atoms. The number of rotatable bonds is 8. The Balaban J connectivity index is 0.00000441. The van der Waals surface area contributed by atoms with Crippen molar-refractivity contribution in [1.29, 1.82) is 0 Å². The molecule has 0 radical (unpaired) electrons. The molecule has 0 unspecified atom stereocenters. The number of nitrogens with one attached hydrogen (secondary N) is 2. The summed E-state index contributed by atoms with van der Waals surface area (Å²) in [6.07, 6.45) is 0. The summed E-state index contributed by atoms with van der Waals surface area (Å²) >= 11 is 0. The highest BCUT2D eigenvalue weighted by Gasteiger charge is 1.99. The van der Waals surface area contributed by atoms with E-state index in [2.05, 4.69) is 36.4 Å². The Morgan fingerprint density at radius 3 is 2.59 bits per heavy atom. The highest BCUT2D eigenvalue weighted by atomic mass is 127. The van der Waals surface area contributed by atoms with E-state index >= 15 is 0 Å². The van der Waals surface area contributed by atoms with Crippen LogP contribution >= 0.6 is 24.0 Å². The molecule has 1 aromatic rings. The summed E-state index contributed by atoms with van der Waals surface area (Å²) in [6.45, 7) is 9.28. The van der Waals surface area contributed by atoms with Crippen LogP contribution in [0.5, 0.6) is 11.5 Å². The van der Waals surface area contributed by atoms with Gasteiger partial charge in [0.05, 0.1) is 13.7 Å². The Labute approximate surface area is 150 Å². The fourth-order valence-electron chi connectivity index (χ4n) is 1.64. The zero-order valence-electron chi connectivity index (χ0n) is 13.9. The molecule has 0 fully saturated rings. The Kier molecular flexibility index (Phi) is 11.7. The monoisotopic (exact) mass is 421 g/mol. The highest BCUT2D eigenvalue weighted by molar-refractivity contribution is 14.0. The van der Waals surface area contributed by atoms with E-state index in [0.717, 1.165) is 30.5 Å². The second kappa shape index (κ2) is 12.4. The van der Waals surface area contributed by atoms with Crippen molar-refractivity contribution in [2.75, 3.05) is 33.4 Å². The Hall–Kier alpha value is -1.18. The molecule has 0 saturated heterocycles. The summed E-state index contributed by atoms with van der Waals surface area (Å²) in [4.78, 5) is 4.50. The van der Waals surface area contributed by atoms with Crippen molar-refractivity contribution in [1.82, 2.24) is 10.6 Å². The van der Waals surface area contributed by atoms with E-state index in [0.29, 0.717) is 19.1 Å².